The van der Waals surface area contributed by atoms with E-state index in [1.807, 2.05) is 29.3 Å². The first kappa shape index (κ1) is 30.3. The summed E-state index contributed by atoms with van der Waals surface area (Å²) >= 11 is 0. The van der Waals surface area contributed by atoms with Gasteiger partial charge >= 0.3 is 0 Å². The van der Waals surface area contributed by atoms with E-state index in [9.17, 15) is 13.6 Å². The normalized spacial score (nSPS) is 29.7. The van der Waals surface area contributed by atoms with Crippen LogP contribution < -0.4 is 9.80 Å². The van der Waals surface area contributed by atoms with Crippen LogP contribution in [0.1, 0.15) is 61.2 Å². The molecule has 242 valence electrons. The molecule has 0 aromatic carbocycles. The summed E-state index contributed by atoms with van der Waals surface area (Å²) in [7, 11) is 1.69. The van der Waals surface area contributed by atoms with E-state index < -0.39 is 12.0 Å². The summed E-state index contributed by atoms with van der Waals surface area (Å²) in [6.07, 6.45) is 6.65. The van der Waals surface area contributed by atoms with Gasteiger partial charge in [0.15, 0.2) is 0 Å². The van der Waals surface area contributed by atoms with Crippen LogP contribution in [0.2, 0.25) is 0 Å². The lowest BCUT2D eigenvalue weighted by atomic mass is 9.81. The van der Waals surface area contributed by atoms with Crippen LogP contribution in [0.15, 0.2) is 31.0 Å². The number of methoxy groups -OCH3 is 1. The molecular weight excluding hydrogens is 580 g/mol. The van der Waals surface area contributed by atoms with Crippen molar-refractivity contribution in [1.82, 2.24) is 24.6 Å². The van der Waals surface area contributed by atoms with Gasteiger partial charge in [-0.25, -0.2) is 13.8 Å². The smallest absolute Gasteiger partial charge is 0.281 e. The fourth-order valence-corrected chi connectivity index (χ4v) is 8.34. The summed E-state index contributed by atoms with van der Waals surface area (Å²) in [6.45, 7) is 13.2. The quantitative estimate of drug-likeness (QED) is 0.448. The van der Waals surface area contributed by atoms with Crippen molar-refractivity contribution in [2.45, 2.75) is 69.3 Å². The number of fused-ring (bicyclic) bond motifs is 5. The fraction of sp³-hybridized carbons (Fsp3) is 0.606. The minimum atomic E-state index is -2.68. The highest BCUT2D eigenvalue weighted by atomic mass is 19.3. The largest absolute Gasteiger partial charge is 0.382 e. The lowest BCUT2D eigenvalue weighted by Gasteiger charge is -2.55. The number of carbonyl (C=O) groups is 1. The molecule has 0 bridgehead atoms. The summed E-state index contributed by atoms with van der Waals surface area (Å²) in [5.41, 5.74) is 2.91. The molecule has 1 amide bonds. The second-order valence-corrected chi connectivity index (χ2v) is 13.1. The van der Waals surface area contributed by atoms with Gasteiger partial charge in [0.05, 0.1) is 36.8 Å². The Bertz CT molecular complexity index is 1490. The molecule has 3 fully saturated rings. The van der Waals surface area contributed by atoms with Gasteiger partial charge in [-0.3, -0.25) is 14.4 Å². The lowest BCUT2D eigenvalue weighted by molar-refractivity contribution is -0.128. The first-order valence-corrected chi connectivity index (χ1v) is 16.1. The number of rotatable bonds is 6. The number of hydrogen-bond donors (Lipinski definition) is 0. The van der Waals surface area contributed by atoms with E-state index in [4.69, 9.17) is 9.47 Å². The van der Waals surface area contributed by atoms with E-state index in [0.29, 0.717) is 63.1 Å². The van der Waals surface area contributed by atoms with Crippen molar-refractivity contribution in [1.29, 1.82) is 0 Å². The zero-order chi connectivity index (χ0) is 31.5. The molecule has 12 heteroatoms. The minimum absolute atomic E-state index is 0.00683. The van der Waals surface area contributed by atoms with Crippen LogP contribution in [0, 0.1) is 6.92 Å². The Morgan fingerprint density at radius 2 is 2.02 bits per heavy atom. The molecule has 1 spiro atoms. The predicted molar refractivity (Wildman–Crippen MR) is 168 cm³/mol. The van der Waals surface area contributed by atoms with Crippen molar-refractivity contribution in [2.24, 2.45) is 0 Å². The maximum absolute atomic E-state index is 14.6. The van der Waals surface area contributed by atoms with Crippen LogP contribution in [0.25, 0.3) is 6.08 Å². The van der Waals surface area contributed by atoms with Crippen LogP contribution in [0.5, 0.6) is 0 Å². The number of aryl methyl sites for hydroxylation is 1. The van der Waals surface area contributed by atoms with E-state index in [0.717, 1.165) is 43.0 Å². The summed E-state index contributed by atoms with van der Waals surface area (Å²) in [6, 6.07) is 2.55. The van der Waals surface area contributed by atoms with Gasteiger partial charge in [-0.2, -0.15) is 5.10 Å². The zero-order valence-corrected chi connectivity index (χ0v) is 26.4. The van der Waals surface area contributed by atoms with E-state index in [1.165, 1.54) is 6.08 Å². The maximum Gasteiger partial charge on any atom is 0.281 e. The standard InChI is InChI=1S/C33H43F2N7O3/c1-5-29(43)39-13-11-38(12-14-39)27-18-41-25(27)8-6-7-24-26(41)15-28(37-30(24)32(34)35)40-10-9-33(16-22(40)3)31-21(2)17-36-42(31)23(19-44-4)20-45-33/h5-7,15,17,22-23,25,27,32H,1,8-14,16,18-20H2,2-4H3/t22?,23?,25?,27-,33?/m1/s1. The molecule has 5 atom stereocenters. The van der Waals surface area contributed by atoms with E-state index in [2.05, 4.69) is 49.9 Å². The van der Waals surface area contributed by atoms with Gasteiger partial charge in [0.25, 0.3) is 6.43 Å². The van der Waals surface area contributed by atoms with Crippen molar-refractivity contribution >= 4 is 23.5 Å². The third-order valence-corrected chi connectivity index (χ3v) is 10.6. The van der Waals surface area contributed by atoms with Crippen LogP contribution in [0.3, 0.4) is 0 Å². The summed E-state index contributed by atoms with van der Waals surface area (Å²) in [5, 5.41) is 4.68. The number of amides is 1. The number of piperazine rings is 1. The molecule has 0 N–H and O–H groups in total. The highest BCUT2D eigenvalue weighted by molar-refractivity contribution is 5.87. The number of hydrogen-bond acceptors (Lipinski definition) is 8. The molecule has 5 aliphatic heterocycles. The molecule has 2 aromatic heterocycles. The third-order valence-electron chi connectivity index (χ3n) is 10.6. The number of piperidine rings is 1. The Morgan fingerprint density at radius 3 is 2.73 bits per heavy atom. The van der Waals surface area contributed by atoms with Crippen molar-refractivity contribution in [3.63, 3.8) is 0 Å². The highest BCUT2D eigenvalue weighted by Crippen LogP contribution is 2.47. The van der Waals surface area contributed by atoms with Crippen molar-refractivity contribution in [2.75, 3.05) is 69.4 Å². The Labute approximate surface area is 263 Å². The number of anilines is 2. The van der Waals surface area contributed by atoms with Crippen molar-refractivity contribution in [3.05, 3.63) is 53.5 Å². The van der Waals surface area contributed by atoms with Crippen LogP contribution >= 0.6 is 0 Å². The number of nitrogens with zero attached hydrogens (tertiary/aromatic N) is 7. The first-order valence-electron chi connectivity index (χ1n) is 16.1. The topological polar surface area (TPSA) is 79.2 Å². The molecular formula is C33H43F2N7O3. The second-order valence-electron chi connectivity index (χ2n) is 13.1. The summed E-state index contributed by atoms with van der Waals surface area (Å²) < 4.78 is 43.4. The van der Waals surface area contributed by atoms with Gasteiger partial charge in [-0.15, -0.1) is 0 Å². The van der Waals surface area contributed by atoms with Crippen LogP contribution in [-0.4, -0.2) is 108 Å². The molecule has 0 radical (unpaired) electrons. The van der Waals surface area contributed by atoms with Gasteiger partial charge in [-0.1, -0.05) is 18.7 Å². The predicted octanol–water partition coefficient (Wildman–Crippen LogP) is 3.93. The van der Waals surface area contributed by atoms with Crippen molar-refractivity contribution < 1.29 is 23.0 Å². The summed E-state index contributed by atoms with van der Waals surface area (Å²) in [4.78, 5) is 25.4. The fourth-order valence-electron chi connectivity index (χ4n) is 8.34. The number of pyridine rings is 1. The molecule has 3 saturated heterocycles. The monoisotopic (exact) mass is 623 g/mol. The number of aromatic nitrogens is 3. The Hall–Kier alpha value is -3.35. The molecule has 0 saturated carbocycles. The van der Waals surface area contributed by atoms with Gasteiger partial charge < -0.3 is 24.2 Å². The molecule has 4 unspecified atom stereocenters. The average molecular weight is 624 g/mol. The third kappa shape index (κ3) is 5.05. The summed E-state index contributed by atoms with van der Waals surface area (Å²) in [5.74, 6) is 0.568. The Morgan fingerprint density at radius 1 is 1.22 bits per heavy atom. The second kappa shape index (κ2) is 11.8. The average Bonchev–Trinajstić information content (AvgIpc) is 3.37. The van der Waals surface area contributed by atoms with Crippen molar-refractivity contribution in [3.8, 4) is 0 Å². The first-order chi connectivity index (χ1) is 21.7. The number of halogens is 2. The molecule has 7 heterocycles. The number of carbonyl (C=O) groups excluding carboxylic acids is 1. The van der Waals surface area contributed by atoms with Gasteiger partial charge in [0.2, 0.25) is 5.91 Å². The molecule has 45 heavy (non-hydrogen) atoms. The molecule has 0 aliphatic carbocycles. The lowest BCUT2D eigenvalue weighted by Crippen LogP contribution is -2.69. The Balaban J connectivity index is 1.13. The highest BCUT2D eigenvalue weighted by Gasteiger charge is 2.49. The molecule has 10 nitrogen and oxygen atoms in total. The zero-order valence-electron chi connectivity index (χ0n) is 26.4. The van der Waals surface area contributed by atoms with Crippen LogP contribution in [0.4, 0.5) is 20.3 Å². The molecule has 5 aliphatic rings. The maximum atomic E-state index is 14.6. The molecule has 2 aromatic rings. The van der Waals surface area contributed by atoms with Gasteiger partial charge in [0.1, 0.15) is 17.1 Å². The van der Waals surface area contributed by atoms with Gasteiger partial charge in [-0.05, 0) is 38.3 Å². The van der Waals surface area contributed by atoms with E-state index in [1.54, 1.807) is 7.11 Å². The van der Waals surface area contributed by atoms with Crippen LogP contribution in [-0.2, 0) is 19.9 Å². The van der Waals surface area contributed by atoms with E-state index >= 15 is 0 Å². The minimum Gasteiger partial charge on any atom is -0.382 e. The molecule has 7 rings (SSSR count). The van der Waals surface area contributed by atoms with E-state index in [-0.39, 0.29) is 29.7 Å². The number of alkyl halides is 2. The SMILES string of the molecule is C=CC(=O)N1CCN([C@@H]2CN3c4cc(N5CCC6(CC5C)OCC(COC)n5ncc(C)c56)nc(C(F)F)c4C=CCC23)CC1. The Kier molecular flexibility index (Phi) is 7.94. The number of ether oxygens (including phenoxy) is 2. The van der Waals surface area contributed by atoms with Gasteiger partial charge in [0, 0.05) is 82.6 Å².